The summed E-state index contributed by atoms with van der Waals surface area (Å²) in [5, 5.41) is 0. The molecule has 0 radical (unpaired) electrons. The van der Waals surface area contributed by atoms with Gasteiger partial charge in [-0.25, -0.2) is 8.78 Å². The van der Waals surface area contributed by atoms with Crippen molar-refractivity contribution in [1.82, 2.24) is 0 Å². The lowest BCUT2D eigenvalue weighted by Crippen LogP contribution is -1.98. The van der Waals surface area contributed by atoms with E-state index in [0.717, 1.165) is 18.2 Å². The summed E-state index contributed by atoms with van der Waals surface area (Å²) in [6.45, 7) is 3.95. The van der Waals surface area contributed by atoms with Crippen LogP contribution in [-0.2, 0) is 13.6 Å². The van der Waals surface area contributed by atoms with Crippen LogP contribution >= 0.6 is 7.60 Å². The Bertz CT molecular complexity index is 479. The Morgan fingerprint density at radius 1 is 1.21 bits per heavy atom. The molecular formula is C13H17F2O3P. The molecule has 0 saturated carbocycles. The number of hydrogen-bond donors (Lipinski definition) is 0. The predicted octanol–water partition coefficient (Wildman–Crippen LogP) is 4.24. The lowest BCUT2D eigenvalue weighted by Gasteiger charge is -2.14. The number of allylic oxidation sites excluding steroid dienone is 1. The first-order valence-electron chi connectivity index (χ1n) is 6.00. The van der Waals surface area contributed by atoms with Crippen LogP contribution < -0.4 is 0 Å². The van der Waals surface area contributed by atoms with Crippen LogP contribution in [0.15, 0.2) is 24.3 Å². The Morgan fingerprint density at radius 2 is 1.84 bits per heavy atom. The van der Waals surface area contributed by atoms with Crippen molar-refractivity contribution in [3.63, 3.8) is 0 Å². The fourth-order valence-electron chi connectivity index (χ4n) is 1.49. The van der Waals surface area contributed by atoms with Crippen molar-refractivity contribution in [3.05, 3.63) is 41.5 Å². The van der Waals surface area contributed by atoms with Gasteiger partial charge in [0.25, 0.3) is 0 Å². The van der Waals surface area contributed by atoms with Crippen molar-refractivity contribution in [1.29, 1.82) is 0 Å². The predicted molar refractivity (Wildman–Crippen MR) is 71.1 cm³/mol. The van der Waals surface area contributed by atoms with Crippen LogP contribution in [0.5, 0.6) is 0 Å². The molecule has 0 N–H and O–H groups in total. The van der Waals surface area contributed by atoms with E-state index in [1.807, 2.05) is 0 Å². The summed E-state index contributed by atoms with van der Waals surface area (Å²) in [5.41, 5.74) is 0.0968. The number of halogens is 2. The first-order valence-corrected chi connectivity index (χ1v) is 7.73. The molecule has 0 aromatic heterocycles. The van der Waals surface area contributed by atoms with Crippen LogP contribution in [0.1, 0.15) is 19.4 Å². The summed E-state index contributed by atoms with van der Waals surface area (Å²) in [4.78, 5) is 0. The van der Waals surface area contributed by atoms with Crippen LogP contribution in [0.25, 0.3) is 6.08 Å². The second-order valence-corrected chi connectivity index (χ2v) is 5.80. The Hall–Kier alpha value is -1.03. The van der Waals surface area contributed by atoms with Gasteiger partial charge in [-0.3, -0.25) is 4.57 Å². The maximum Gasteiger partial charge on any atom is 0.334 e. The molecule has 1 rings (SSSR count). The monoisotopic (exact) mass is 290 g/mol. The SMILES string of the molecule is CCOP(=O)(C/C=C/c1cc(F)ccc1F)OCC. The standard InChI is InChI=1S/C13H17F2O3P/c1-3-17-19(16,18-4-2)9-5-6-11-10-12(14)7-8-13(11)15/h5-8,10H,3-4,9H2,1-2H3/b6-5+. The highest BCUT2D eigenvalue weighted by Crippen LogP contribution is 2.47. The van der Waals surface area contributed by atoms with E-state index in [0.29, 0.717) is 0 Å². The first-order chi connectivity index (χ1) is 9.00. The van der Waals surface area contributed by atoms with Gasteiger partial charge in [0.1, 0.15) is 11.6 Å². The second-order valence-electron chi connectivity index (χ2n) is 3.70. The van der Waals surface area contributed by atoms with E-state index in [9.17, 15) is 13.3 Å². The van der Waals surface area contributed by atoms with E-state index in [2.05, 4.69) is 0 Å². The van der Waals surface area contributed by atoms with Crippen LogP contribution in [0.4, 0.5) is 8.78 Å². The molecule has 6 heteroatoms. The van der Waals surface area contributed by atoms with Gasteiger partial charge in [0.2, 0.25) is 0 Å². The minimum atomic E-state index is -3.19. The summed E-state index contributed by atoms with van der Waals surface area (Å²) in [5.74, 6) is -1.07. The number of hydrogen-bond acceptors (Lipinski definition) is 3. The normalized spacial score (nSPS) is 12.2. The molecule has 0 bridgehead atoms. The average molecular weight is 290 g/mol. The van der Waals surface area contributed by atoms with Crippen LogP contribution in [0.2, 0.25) is 0 Å². The maximum atomic E-state index is 13.3. The first kappa shape index (κ1) is 16.0. The molecule has 0 amide bonds. The summed E-state index contributed by atoms with van der Waals surface area (Å²) >= 11 is 0. The molecule has 3 nitrogen and oxygen atoms in total. The van der Waals surface area contributed by atoms with E-state index in [4.69, 9.17) is 9.05 Å². The molecule has 1 aromatic carbocycles. The van der Waals surface area contributed by atoms with Crippen molar-refractivity contribution in [2.75, 3.05) is 19.4 Å². The molecule has 0 atom stereocenters. The summed E-state index contributed by atoms with van der Waals surface area (Å²) in [7, 11) is -3.19. The van der Waals surface area contributed by atoms with Crippen LogP contribution in [-0.4, -0.2) is 19.4 Å². The van der Waals surface area contributed by atoms with Crippen molar-refractivity contribution in [2.24, 2.45) is 0 Å². The van der Waals surface area contributed by atoms with E-state index in [1.54, 1.807) is 13.8 Å². The van der Waals surface area contributed by atoms with Crippen molar-refractivity contribution in [3.8, 4) is 0 Å². The third-order valence-electron chi connectivity index (χ3n) is 2.24. The van der Waals surface area contributed by atoms with Gasteiger partial charge in [0, 0.05) is 5.56 Å². The van der Waals surface area contributed by atoms with Gasteiger partial charge in [-0.1, -0.05) is 12.2 Å². The molecule has 0 unspecified atom stereocenters. The minimum Gasteiger partial charge on any atom is -0.309 e. The number of rotatable bonds is 7. The smallest absolute Gasteiger partial charge is 0.309 e. The highest BCUT2D eigenvalue weighted by atomic mass is 31.2. The van der Waals surface area contributed by atoms with Crippen molar-refractivity contribution < 1.29 is 22.4 Å². The van der Waals surface area contributed by atoms with Gasteiger partial charge in [0.05, 0.1) is 19.4 Å². The third kappa shape index (κ3) is 5.23. The fourth-order valence-corrected chi connectivity index (χ4v) is 2.92. The van der Waals surface area contributed by atoms with E-state index < -0.39 is 19.2 Å². The van der Waals surface area contributed by atoms with E-state index in [-0.39, 0.29) is 24.9 Å². The van der Waals surface area contributed by atoms with Crippen molar-refractivity contribution in [2.45, 2.75) is 13.8 Å². The highest BCUT2D eigenvalue weighted by Gasteiger charge is 2.21. The van der Waals surface area contributed by atoms with Gasteiger partial charge >= 0.3 is 7.60 Å². The fraction of sp³-hybridized carbons (Fsp3) is 0.385. The largest absolute Gasteiger partial charge is 0.334 e. The van der Waals surface area contributed by atoms with Gasteiger partial charge < -0.3 is 9.05 Å². The van der Waals surface area contributed by atoms with Crippen LogP contribution in [0, 0.1) is 11.6 Å². The maximum absolute atomic E-state index is 13.3. The molecular weight excluding hydrogens is 273 g/mol. The lowest BCUT2D eigenvalue weighted by atomic mass is 10.2. The zero-order valence-corrected chi connectivity index (χ0v) is 11.8. The molecule has 0 spiro atoms. The molecule has 0 aliphatic heterocycles. The molecule has 106 valence electrons. The van der Waals surface area contributed by atoms with Crippen LogP contribution in [0.3, 0.4) is 0 Å². The van der Waals surface area contributed by atoms with E-state index in [1.165, 1.54) is 12.2 Å². The van der Waals surface area contributed by atoms with Gasteiger partial charge in [-0.05, 0) is 32.0 Å². The third-order valence-corrected chi connectivity index (χ3v) is 4.20. The summed E-state index contributed by atoms with van der Waals surface area (Å²) < 4.78 is 48.5. The number of benzene rings is 1. The Kier molecular flexibility index (Phi) is 6.35. The van der Waals surface area contributed by atoms with Gasteiger partial charge in [-0.2, -0.15) is 0 Å². The summed E-state index contributed by atoms with van der Waals surface area (Å²) in [6, 6.07) is 3.15. The molecule has 0 aliphatic carbocycles. The topological polar surface area (TPSA) is 35.5 Å². The molecule has 0 fully saturated rings. The lowest BCUT2D eigenvalue weighted by molar-refractivity contribution is 0.222. The molecule has 19 heavy (non-hydrogen) atoms. The Balaban J connectivity index is 2.75. The van der Waals surface area contributed by atoms with E-state index >= 15 is 0 Å². The van der Waals surface area contributed by atoms with Crippen molar-refractivity contribution >= 4 is 13.7 Å². The summed E-state index contributed by atoms with van der Waals surface area (Å²) in [6.07, 6.45) is 2.84. The molecule has 0 saturated heterocycles. The Morgan fingerprint density at radius 3 is 2.42 bits per heavy atom. The van der Waals surface area contributed by atoms with Gasteiger partial charge in [-0.15, -0.1) is 0 Å². The Labute approximate surface area is 111 Å². The zero-order valence-electron chi connectivity index (χ0n) is 10.9. The average Bonchev–Trinajstić information content (AvgIpc) is 2.34. The molecule has 1 aromatic rings. The molecule has 0 heterocycles. The second kappa shape index (κ2) is 7.53. The minimum absolute atomic E-state index is 0.0185. The van der Waals surface area contributed by atoms with Gasteiger partial charge in [0.15, 0.2) is 0 Å². The highest BCUT2D eigenvalue weighted by molar-refractivity contribution is 7.54. The zero-order chi connectivity index (χ0) is 14.3. The molecule has 0 aliphatic rings. The quantitative estimate of drug-likeness (QED) is 0.704.